The molecule has 3 fully saturated rings. The van der Waals surface area contributed by atoms with Crippen molar-refractivity contribution in [3.8, 4) is 5.88 Å². The number of aryl methyl sites for hydroxylation is 2. The molecule has 13 nitrogen and oxygen atoms in total. The number of cyclic esters (lactones) is 1. The van der Waals surface area contributed by atoms with Gasteiger partial charge >= 0.3 is 6.09 Å². The maximum Gasteiger partial charge on any atom is 0.407 e. The van der Waals surface area contributed by atoms with Crippen molar-refractivity contribution in [1.82, 2.24) is 25.2 Å². The standard InChI is InChI=1S/C39H53N5O8S/c1-8-24-20-40-33-29-17-23(12-15-28(24)29)11-10-16-38(6,7)22-51-36(48)41-31(37(3,4)5)34(46)44-21-26(52-33)18-30(44)32(45)42-39(19-25(39)9-2)35(47)43-53(49,50)27-13-14-27/h9,12,15,17,20,25-27,30-31H,2,8,10-11,13-14,16,18-19,21-22H2,1,3-7H3,(H,41,48)(H,42,45)(H,43,47)/t25-,26-,30+,31-,39-/m1/s1. The van der Waals surface area contributed by atoms with Gasteiger partial charge in [0.05, 0.1) is 18.4 Å². The van der Waals surface area contributed by atoms with Gasteiger partial charge in [0.2, 0.25) is 27.7 Å². The minimum absolute atomic E-state index is 0.00814. The minimum atomic E-state index is -3.89. The Morgan fingerprint density at radius 1 is 1.17 bits per heavy atom. The second-order valence-electron chi connectivity index (χ2n) is 17.0. The molecule has 0 unspecified atom stereocenters. The van der Waals surface area contributed by atoms with Gasteiger partial charge in [-0.2, -0.15) is 0 Å². The highest BCUT2D eigenvalue weighted by atomic mass is 32.2. The first-order valence-electron chi connectivity index (χ1n) is 18.7. The summed E-state index contributed by atoms with van der Waals surface area (Å²) in [5.74, 6) is -2.11. The van der Waals surface area contributed by atoms with E-state index in [0.29, 0.717) is 18.7 Å². The zero-order valence-electron chi connectivity index (χ0n) is 31.6. The lowest BCUT2D eigenvalue weighted by atomic mass is 9.85. The van der Waals surface area contributed by atoms with Gasteiger partial charge in [0.1, 0.15) is 23.7 Å². The van der Waals surface area contributed by atoms with Crippen LogP contribution in [0.3, 0.4) is 0 Å². The third-order valence-electron chi connectivity index (χ3n) is 11.0. The van der Waals surface area contributed by atoms with Crippen LogP contribution in [0.4, 0.5) is 4.79 Å². The van der Waals surface area contributed by atoms with Crippen molar-refractivity contribution in [3.05, 3.63) is 48.2 Å². The third-order valence-corrected chi connectivity index (χ3v) is 12.9. The molecule has 0 radical (unpaired) electrons. The van der Waals surface area contributed by atoms with Gasteiger partial charge in [-0.15, -0.1) is 6.58 Å². The summed E-state index contributed by atoms with van der Waals surface area (Å²) in [4.78, 5) is 61.8. The molecule has 5 atom stereocenters. The molecule has 0 spiro atoms. The monoisotopic (exact) mass is 751 g/mol. The Labute approximate surface area is 312 Å². The fourth-order valence-corrected chi connectivity index (χ4v) is 8.85. The molecule has 1 aromatic carbocycles. The van der Waals surface area contributed by atoms with Gasteiger partial charge < -0.3 is 25.0 Å². The number of carbonyl (C=O) groups excluding carboxylic acids is 4. The summed E-state index contributed by atoms with van der Waals surface area (Å²) in [5, 5.41) is 6.82. The molecule has 4 bridgehead atoms. The number of sulfonamides is 1. The van der Waals surface area contributed by atoms with E-state index in [1.807, 2.05) is 34.6 Å². The number of alkyl carbamates (subject to hydrolysis) is 1. The van der Waals surface area contributed by atoms with Crippen molar-refractivity contribution >= 4 is 44.6 Å². The average Bonchev–Trinajstić information content (AvgIpc) is 4.02. The maximum absolute atomic E-state index is 14.6. The molecule has 4 amide bonds. The maximum atomic E-state index is 14.6. The number of hydrogen-bond acceptors (Lipinski definition) is 9. The van der Waals surface area contributed by atoms with Crippen LogP contribution >= 0.6 is 0 Å². The molecule has 1 saturated heterocycles. The Kier molecular flexibility index (Phi) is 10.3. The lowest BCUT2D eigenvalue weighted by Crippen LogP contribution is -2.60. The molecule has 3 heterocycles. The van der Waals surface area contributed by atoms with Gasteiger partial charge in [-0.25, -0.2) is 18.2 Å². The van der Waals surface area contributed by atoms with E-state index in [-0.39, 0.29) is 31.4 Å². The van der Waals surface area contributed by atoms with E-state index in [0.717, 1.165) is 47.6 Å². The highest BCUT2D eigenvalue weighted by Crippen LogP contribution is 2.45. The molecular weight excluding hydrogens is 699 g/mol. The van der Waals surface area contributed by atoms with Crippen LogP contribution in [0.1, 0.15) is 91.2 Å². The smallest absolute Gasteiger partial charge is 0.407 e. The molecule has 6 rings (SSSR count). The molecule has 53 heavy (non-hydrogen) atoms. The molecule has 2 aromatic rings. The van der Waals surface area contributed by atoms with Gasteiger partial charge in [0, 0.05) is 23.9 Å². The van der Waals surface area contributed by atoms with Crippen molar-refractivity contribution in [1.29, 1.82) is 0 Å². The Morgan fingerprint density at radius 3 is 2.55 bits per heavy atom. The quantitative estimate of drug-likeness (QED) is 0.349. The van der Waals surface area contributed by atoms with E-state index < -0.39 is 74.1 Å². The molecular formula is C39H53N5O8S. The van der Waals surface area contributed by atoms with Crippen LogP contribution in [0.15, 0.2) is 37.1 Å². The predicted molar refractivity (Wildman–Crippen MR) is 199 cm³/mol. The fraction of sp³-hybridized carbons (Fsp3) is 0.615. The largest absolute Gasteiger partial charge is 0.472 e. The van der Waals surface area contributed by atoms with E-state index in [1.54, 1.807) is 6.20 Å². The number of amides is 4. The number of rotatable bonds is 7. The van der Waals surface area contributed by atoms with Crippen LogP contribution in [0.2, 0.25) is 0 Å². The molecule has 3 N–H and O–H groups in total. The number of benzene rings is 1. The number of carbonyl (C=O) groups is 4. The molecule has 2 saturated carbocycles. The normalized spacial score (nSPS) is 27.8. The minimum Gasteiger partial charge on any atom is -0.472 e. The van der Waals surface area contributed by atoms with Crippen molar-refractivity contribution < 1.29 is 37.1 Å². The molecule has 4 aliphatic rings. The van der Waals surface area contributed by atoms with Crippen LogP contribution in [-0.2, 0) is 42.0 Å². The number of ether oxygens (including phenoxy) is 2. The molecule has 1 aromatic heterocycles. The number of nitrogens with one attached hydrogen (secondary N) is 3. The van der Waals surface area contributed by atoms with Crippen LogP contribution in [0.5, 0.6) is 5.88 Å². The molecule has 288 valence electrons. The van der Waals surface area contributed by atoms with E-state index in [2.05, 4.69) is 47.1 Å². The van der Waals surface area contributed by atoms with Crippen molar-refractivity contribution in [2.24, 2.45) is 16.7 Å². The third kappa shape index (κ3) is 8.17. The summed E-state index contributed by atoms with van der Waals surface area (Å²) in [6, 6.07) is 4.08. The van der Waals surface area contributed by atoms with Crippen molar-refractivity contribution in [3.63, 3.8) is 0 Å². The average molecular weight is 752 g/mol. The lowest BCUT2D eigenvalue weighted by Gasteiger charge is -2.35. The topological polar surface area (TPSA) is 173 Å². The summed E-state index contributed by atoms with van der Waals surface area (Å²) >= 11 is 0. The fourth-order valence-electron chi connectivity index (χ4n) is 7.49. The van der Waals surface area contributed by atoms with Gasteiger partial charge in [-0.05, 0) is 78.4 Å². The van der Waals surface area contributed by atoms with Crippen molar-refractivity contribution in [2.75, 3.05) is 13.2 Å². The summed E-state index contributed by atoms with van der Waals surface area (Å²) in [6.07, 6.45) is 6.26. The van der Waals surface area contributed by atoms with Gasteiger partial charge in [-0.1, -0.05) is 59.8 Å². The van der Waals surface area contributed by atoms with Gasteiger partial charge in [0.15, 0.2) is 0 Å². The summed E-state index contributed by atoms with van der Waals surface area (Å²) < 4.78 is 39.9. The first-order chi connectivity index (χ1) is 24.9. The first-order valence-corrected chi connectivity index (χ1v) is 20.2. The Balaban J connectivity index is 1.36. The van der Waals surface area contributed by atoms with E-state index in [9.17, 15) is 27.6 Å². The van der Waals surface area contributed by atoms with E-state index in [4.69, 9.17) is 14.5 Å². The number of pyridine rings is 1. The predicted octanol–water partition coefficient (Wildman–Crippen LogP) is 4.32. The molecule has 14 heteroatoms. The Morgan fingerprint density at radius 2 is 1.91 bits per heavy atom. The number of nitrogens with zero attached hydrogens (tertiary/aromatic N) is 2. The molecule has 2 aliphatic heterocycles. The lowest BCUT2D eigenvalue weighted by molar-refractivity contribution is -0.142. The van der Waals surface area contributed by atoms with Gasteiger partial charge in [0.25, 0.3) is 5.91 Å². The highest BCUT2D eigenvalue weighted by molar-refractivity contribution is 7.91. The summed E-state index contributed by atoms with van der Waals surface area (Å²) in [7, 11) is -3.89. The molecule has 2 aliphatic carbocycles. The van der Waals surface area contributed by atoms with Crippen LogP contribution in [0, 0.1) is 16.7 Å². The Bertz CT molecular complexity index is 1920. The van der Waals surface area contributed by atoms with E-state index >= 15 is 0 Å². The first kappa shape index (κ1) is 38.5. The van der Waals surface area contributed by atoms with Crippen LogP contribution < -0.4 is 20.1 Å². The number of hydrogen-bond donors (Lipinski definition) is 3. The van der Waals surface area contributed by atoms with Crippen LogP contribution in [-0.4, -0.2) is 84.2 Å². The summed E-state index contributed by atoms with van der Waals surface area (Å²) in [6.45, 7) is 15.5. The SMILES string of the molecule is C=C[C@@H]1C[C@]1(NC(=O)[C@@H]1C[C@@H]2CN1C(=O)[C@H](C(C)(C)C)NC(=O)OCC(C)(C)CCCc1ccc3c(CC)cnc(c3c1)O2)C(=O)NS(=O)(=O)C1CC1. The second kappa shape index (κ2) is 14.2. The highest BCUT2D eigenvalue weighted by Gasteiger charge is 2.62. The zero-order chi connectivity index (χ0) is 38.5. The Hall–Kier alpha value is -4.20. The summed E-state index contributed by atoms with van der Waals surface area (Å²) in [5.41, 5.74) is -0.487. The van der Waals surface area contributed by atoms with Crippen LogP contribution in [0.25, 0.3) is 10.8 Å². The number of aromatic nitrogens is 1. The van der Waals surface area contributed by atoms with Crippen molar-refractivity contribution in [2.45, 2.75) is 122 Å². The van der Waals surface area contributed by atoms with Gasteiger partial charge in [-0.3, -0.25) is 19.1 Å². The second-order valence-corrected chi connectivity index (χ2v) is 19.0. The van der Waals surface area contributed by atoms with E-state index in [1.165, 1.54) is 11.0 Å². The number of fused-ring (bicyclic) bond motifs is 3. The zero-order valence-corrected chi connectivity index (χ0v) is 32.4.